The van der Waals surface area contributed by atoms with Crippen LogP contribution in [0.1, 0.15) is 16.7 Å². The van der Waals surface area contributed by atoms with Crippen molar-refractivity contribution in [2.24, 2.45) is 0 Å². The highest BCUT2D eigenvalue weighted by atomic mass is 35.5. The Kier molecular flexibility index (Phi) is 6.95. The number of hydrogen-bond acceptors (Lipinski definition) is 4. The van der Waals surface area contributed by atoms with Crippen LogP contribution in [-0.2, 0) is 27.8 Å². The molecule has 0 atom stereocenters. The zero-order valence-corrected chi connectivity index (χ0v) is 20.2. The Balaban J connectivity index is 1.42. The van der Waals surface area contributed by atoms with Crippen molar-refractivity contribution in [1.82, 2.24) is 4.31 Å². The van der Waals surface area contributed by atoms with E-state index in [2.05, 4.69) is 5.32 Å². The van der Waals surface area contributed by atoms with E-state index in [-0.39, 0.29) is 28.2 Å². The van der Waals surface area contributed by atoms with Crippen molar-refractivity contribution in [3.63, 3.8) is 0 Å². The van der Waals surface area contributed by atoms with Gasteiger partial charge in [-0.25, -0.2) is 8.42 Å². The minimum atomic E-state index is -3.72. The van der Waals surface area contributed by atoms with Gasteiger partial charge in [-0.15, -0.1) is 0 Å². The fourth-order valence-corrected chi connectivity index (χ4v) is 5.56. The third kappa shape index (κ3) is 5.33. The number of rotatable bonds is 6. The van der Waals surface area contributed by atoms with Gasteiger partial charge in [0.2, 0.25) is 10.0 Å². The van der Waals surface area contributed by atoms with Gasteiger partial charge in [-0.05, 0) is 60.4 Å². The first-order valence-corrected chi connectivity index (χ1v) is 12.5. The minimum Gasteiger partial charge on any atom is -0.482 e. The van der Waals surface area contributed by atoms with E-state index in [4.69, 9.17) is 27.9 Å². The van der Waals surface area contributed by atoms with E-state index in [1.807, 2.05) is 31.2 Å². The normalized spacial score (nSPS) is 13.9. The summed E-state index contributed by atoms with van der Waals surface area (Å²) in [6.07, 6.45) is 0.658. The van der Waals surface area contributed by atoms with E-state index in [1.165, 1.54) is 22.5 Å². The molecule has 0 spiro atoms. The van der Waals surface area contributed by atoms with Gasteiger partial charge in [0.1, 0.15) is 5.75 Å². The molecule has 4 rings (SSSR count). The zero-order chi connectivity index (χ0) is 23.6. The van der Waals surface area contributed by atoms with Crippen LogP contribution in [0.4, 0.5) is 5.69 Å². The number of aryl methyl sites for hydroxylation is 1. The molecule has 6 nitrogen and oxygen atoms in total. The van der Waals surface area contributed by atoms with Gasteiger partial charge in [0, 0.05) is 23.8 Å². The Morgan fingerprint density at radius 2 is 1.82 bits per heavy atom. The maximum absolute atomic E-state index is 13.1. The highest BCUT2D eigenvalue weighted by molar-refractivity contribution is 7.89. The Morgan fingerprint density at radius 1 is 1.06 bits per heavy atom. The lowest BCUT2D eigenvalue weighted by Crippen LogP contribution is -2.35. The van der Waals surface area contributed by atoms with Crippen molar-refractivity contribution in [3.8, 4) is 5.75 Å². The molecule has 3 aromatic carbocycles. The lowest BCUT2D eigenvalue weighted by atomic mass is 10.0. The van der Waals surface area contributed by atoms with Gasteiger partial charge in [0.15, 0.2) is 6.61 Å². The second-order valence-corrected chi connectivity index (χ2v) is 10.5. The smallest absolute Gasteiger partial charge is 0.262 e. The highest BCUT2D eigenvalue weighted by Crippen LogP contribution is 2.31. The number of sulfonamides is 1. The lowest BCUT2D eigenvalue weighted by molar-refractivity contribution is -0.118. The Hall–Kier alpha value is -2.58. The first-order valence-electron chi connectivity index (χ1n) is 10.3. The average molecular weight is 505 g/mol. The summed E-state index contributed by atoms with van der Waals surface area (Å²) in [6, 6.07) is 17.3. The van der Waals surface area contributed by atoms with Crippen LogP contribution in [0.25, 0.3) is 0 Å². The van der Waals surface area contributed by atoms with Crippen molar-refractivity contribution in [2.45, 2.75) is 24.8 Å². The summed E-state index contributed by atoms with van der Waals surface area (Å²) in [5.74, 6) is -0.169. The zero-order valence-electron chi connectivity index (χ0n) is 17.8. The summed E-state index contributed by atoms with van der Waals surface area (Å²) >= 11 is 12.3. The van der Waals surface area contributed by atoms with Crippen molar-refractivity contribution < 1.29 is 17.9 Å². The number of anilines is 1. The molecule has 0 aliphatic carbocycles. The molecule has 33 heavy (non-hydrogen) atoms. The maximum Gasteiger partial charge on any atom is 0.262 e. The molecule has 1 aliphatic heterocycles. The van der Waals surface area contributed by atoms with Gasteiger partial charge < -0.3 is 10.1 Å². The highest BCUT2D eigenvalue weighted by Gasteiger charge is 2.28. The van der Waals surface area contributed by atoms with Crippen LogP contribution < -0.4 is 10.1 Å². The summed E-state index contributed by atoms with van der Waals surface area (Å²) in [5, 5.41) is 3.35. The van der Waals surface area contributed by atoms with Crippen LogP contribution in [-0.4, -0.2) is 31.8 Å². The topological polar surface area (TPSA) is 75.7 Å². The van der Waals surface area contributed by atoms with Crippen LogP contribution in [0.5, 0.6) is 5.75 Å². The molecule has 0 fully saturated rings. The molecule has 1 heterocycles. The summed E-state index contributed by atoms with van der Waals surface area (Å²) in [6.45, 7) is 2.28. The molecule has 0 unspecified atom stereocenters. The van der Waals surface area contributed by atoms with Gasteiger partial charge in [-0.2, -0.15) is 4.31 Å². The fourth-order valence-electron chi connectivity index (χ4n) is 3.64. The van der Waals surface area contributed by atoms with Crippen molar-refractivity contribution in [2.75, 3.05) is 18.5 Å². The predicted molar refractivity (Wildman–Crippen MR) is 130 cm³/mol. The quantitative estimate of drug-likeness (QED) is 0.508. The van der Waals surface area contributed by atoms with Gasteiger partial charge >= 0.3 is 0 Å². The SMILES string of the molecule is Cc1ccc(Cl)cc1NC(=O)COc1ccc(S(=O)(=O)N2CCc3ccccc3C2)cc1Cl. The average Bonchev–Trinajstić information content (AvgIpc) is 2.80. The second kappa shape index (κ2) is 9.73. The molecule has 0 radical (unpaired) electrons. The molecule has 0 bridgehead atoms. The summed E-state index contributed by atoms with van der Waals surface area (Å²) in [5.41, 5.74) is 3.61. The number of benzene rings is 3. The lowest BCUT2D eigenvalue weighted by Gasteiger charge is -2.28. The molecule has 0 aromatic heterocycles. The van der Waals surface area contributed by atoms with Crippen LogP contribution in [0.3, 0.4) is 0 Å². The number of halogens is 2. The minimum absolute atomic E-state index is 0.0817. The largest absolute Gasteiger partial charge is 0.482 e. The first-order chi connectivity index (χ1) is 15.7. The van der Waals surface area contributed by atoms with Gasteiger partial charge in [0.25, 0.3) is 5.91 Å². The van der Waals surface area contributed by atoms with Gasteiger partial charge in [0.05, 0.1) is 9.92 Å². The van der Waals surface area contributed by atoms with Crippen LogP contribution in [0.15, 0.2) is 65.6 Å². The third-order valence-corrected chi connectivity index (χ3v) is 7.84. The maximum atomic E-state index is 13.1. The molecule has 9 heteroatoms. The van der Waals surface area contributed by atoms with Gasteiger partial charge in [-0.3, -0.25) is 4.79 Å². The van der Waals surface area contributed by atoms with Crippen LogP contribution in [0.2, 0.25) is 10.0 Å². The Morgan fingerprint density at radius 3 is 2.58 bits per heavy atom. The molecule has 0 saturated heterocycles. The monoisotopic (exact) mass is 504 g/mol. The van der Waals surface area contributed by atoms with Gasteiger partial charge in [-0.1, -0.05) is 53.5 Å². The van der Waals surface area contributed by atoms with Crippen molar-refractivity contribution in [3.05, 3.63) is 87.4 Å². The van der Waals surface area contributed by atoms with Crippen molar-refractivity contribution >= 4 is 44.8 Å². The summed E-state index contributed by atoms with van der Waals surface area (Å²) in [7, 11) is -3.72. The molecule has 3 aromatic rings. The number of hydrogen-bond donors (Lipinski definition) is 1. The number of amides is 1. The van der Waals surface area contributed by atoms with E-state index < -0.39 is 10.0 Å². The molecule has 172 valence electrons. The molecular formula is C24H22Cl2N2O4S. The molecule has 1 amide bonds. The van der Waals surface area contributed by atoms with E-state index in [9.17, 15) is 13.2 Å². The van der Waals surface area contributed by atoms with E-state index in [0.29, 0.717) is 30.2 Å². The molecule has 0 saturated carbocycles. The Bertz CT molecular complexity index is 1310. The van der Waals surface area contributed by atoms with E-state index >= 15 is 0 Å². The number of nitrogens with zero attached hydrogens (tertiary/aromatic N) is 1. The number of ether oxygens (including phenoxy) is 1. The van der Waals surface area contributed by atoms with Crippen molar-refractivity contribution in [1.29, 1.82) is 0 Å². The first kappa shape index (κ1) is 23.6. The second-order valence-electron chi connectivity index (χ2n) is 7.75. The number of carbonyl (C=O) groups excluding carboxylic acids is 1. The van der Waals surface area contributed by atoms with E-state index in [0.717, 1.165) is 16.7 Å². The predicted octanol–water partition coefficient (Wildman–Crippen LogP) is 5.07. The summed E-state index contributed by atoms with van der Waals surface area (Å²) in [4.78, 5) is 12.4. The standard InChI is InChI=1S/C24H22Cl2N2O4S/c1-16-6-7-19(25)12-22(16)27-24(29)15-32-23-9-8-20(13-21(23)26)33(30,31)28-11-10-17-4-2-3-5-18(17)14-28/h2-9,12-13H,10-11,14-15H2,1H3,(H,27,29). The number of nitrogens with one attached hydrogen (secondary N) is 1. The molecular weight excluding hydrogens is 483 g/mol. The molecule has 1 aliphatic rings. The van der Waals surface area contributed by atoms with E-state index in [1.54, 1.807) is 18.2 Å². The Labute approximate surface area is 203 Å². The summed E-state index contributed by atoms with van der Waals surface area (Å²) < 4.78 is 33.2. The van der Waals surface area contributed by atoms with Crippen LogP contribution >= 0.6 is 23.2 Å². The number of carbonyl (C=O) groups is 1. The van der Waals surface area contributed by atoms with Crippen LogP contribution in [0, 0.1) is 6.92 Å². The third-order valence-electron chi connectivity index (χ3n) is 5.47. The molecule has 1 N–H and O–H groups in total. The number of fused-ring (bicyclic) bond motifs is 1. The fraction of sp³-hybridized carbons (Fsp3) is 0.208.